The molecule has 23 heavy (non-hydrogen) atoms. The lowest BCUT2D eigenvalue weighted by molar-refractivity contribution is 0.403. The van der Waals surface area contributed by atoms with Crippen LogP contribution < -0.4 is 4.74 Å². The highest BCUT2D eigenvalue weighted by atomic mass is 79.9. The standard InChI is InChI=1S/C18H16BrNO2S/c1-3-11-8-14(16(21)9-17(11)22-2)18-15(10-20-23-18)12-4-6-13(19)7-5-12/h4-10,21H,3H2,1-2H3. The minimum Gasteiger partial charge on any atom is -0.507 e. The number of phenolic OH excluding ortho intramolecular Hbond substituents is 1. The maximum Gasteiger partial charge on any atom is 0.128 e. The lowest BCUT2D eigenvalue weighted by Gasteiger charge is -2.12. The van der Waals surface area contributed by atoms with Gasteiger partial charge in [-0.25, -0.2) is 0 Å². The van der Waals surface area contributed by atoms with E-state index < -0.39 is 0 Å². The second-order valence-electron chi connectivity index (χ2n) is 5.11. The summed E-state index contributed by atoms with van der Waals surface area (Å²) in [5, 5.41) is 10.4. The Morgan fingerprint density at radius 2 is 1.91 bits per heavy atom. The van der Waals surface area contributed by atoms with Gasteiger partial charge in [-0.1, -0.05) is 35.0 Å². The molecule has 0 spiro atoms. The molecule has 0 saturated carbocycles. The predicted octanol–water partition coefficient (Wildman–Crippen LogP) is 5.52. The van der Waals surface area contributed by atoms with Gasteiger partial charge in [0.05, 0.1) is 12.0 Å². The fourth-order valence-corrected chi connectivity index (χ4v) is 3.59. The SMILES string of the molecule is CCc1cc(-c2sncc2-c2ccc(Br)cc2)c(O)cc1OC. The number of halogens is 1. The zero-order valence-corrected chi connectivity index (χ0v) is 15.2. The van der Waals surface area contributed by atoms with Crippen LogP contribution in [0.4, 0.5) is 0 Å². The van der Waals surface area contributed by atoms with Crippen LogP contribution in [0.25, 0.3) is 21.6 Å². The molecule has 118 valence electrons. The van der Waals surface area contributed by atoms with E-state index in [1.54, 1.807) is 13.2 Å². The highest BCUT2D eigenvalue weighted by molar-refractivity contribution is 9.10. The molecule has 1 aromatic heterocycles. The highest BCUT2D eigenvalue weighted by Gasteiger charge is 2.16. The van der Waals surface area contributed by atoms with Gasteiger partial charge in [0.15, 0.2) is 0 Å². The number of rotatable bonds is 4. The van der Waals surface area contributed by atoms with Crippen molar-refractivity contribution in [3.63, 3.8) is 0 Å². The Labute approximate surface area is 147 Å². The molecule has 0 aliphatic heterocycles. The minimum absolute atomic E-state index is 0.210. The number of hydrogen-bond acceptors (Lipinski definition) is 4. The molecule has 0 radical (unpaired) electrons. The summed E-state index contributed by atoms with van der Waals surface area (Å²) in [4.78, 5) is 0.960. The molecule has 2 aromatic carbocycles. The summed E-state index contributed by atoms with van der Waals surface area (Å²) in [6, 6.07) is 11.8. The first-order valence-electron chi connectivity index (χ1n) is 7.25. The first-order chi connectivity index (χ1) is 11.1. The average molecular weight is 390 g/mol. The quantitative estimate of drug-likeness (QED) is 0.638. The number of ether oxygens (including phenoxy) is 1. The molecule has 3 rings (SSSR count). The molecule has 1 N–H and O–H groups in total. The van der Waals surface area contributed by atoms with Gasteiger partial charge in [-0.15, -0.1) is 0 Å². The largest absolute Gasteiger partial charge is 0.507 e. The number of methoxy groups -OCH3 is 1. The van der Waals surface area contributed by atoms with E-state index in [1.165, 1.54) is 11.5 Å². The van der Waals surface area contributed by atoms with Crippen molar-refractivity contribution in [1.29, 1.82) is 0 Å². The Kier molecular flexibility index (Phi) is 4.68. The second-order valence-corrected chi connectivity index (χ2v) is 6.83. The van der Waals surface area contributed by atoms with Gasteiger partial charge in [0.2, 0.25) is 0 Å². The van der Waals surface area contributed by atoms with Crippen LogP contribution >= 0.6 is 27.5 Å². The van der Waals surface area contributed by atoms with Crippen molar-refractivity contribution < 1.29 is 9.84 Å². The molecule has 0 amide bonds. The van der Waals surface area contributed by atoms with Crippen molar-refractivity contribution in [2.75, 3.05) is 7.11 Å². The van der Waals surface area contributed by atoms with Gasteiger partial charge in [-0.3, -0.25) is 0 Å². The molecule has 3 nitrogen and oxygen atoms in total. The van der Waals surface area contributed by atoms with Gasteiger partial charge in [0, 0.05) is 27.9 Å². The Balaban J connectivity index is 2.13. The Morgan fingerprint density at radius 1 is 1.17 bits per heavy atom. The highest BCUT2D eigenvalue weighted by Crippen LogP contribution is 2.42. The molecule has 3 aromatic rings. The van der Waals surface area contributed by atoms with Gasteiger partial charge in [0.1, 0.15) is 11.5 Å². The van der Waals surface area contributed by atoms with Crippen molar-refractivity contribution in [1.82, 2.24) is 4.37 Å². The zero-order valence-electron chi connectivity index (χ0n) is 12.8. The molecule has 0 fully saturated rings. The monoisotopic (exact) mass is 389 g/mol. The molecule has 0 aliphatic rings. The third-order valence-electron chi connectivity index (χ3n) is 3.75. The van der Waals surface area contributed by atoms with E-state index in [0.29, 0.717) is 5.75 Å². The molecule has 0 unspecified atom stereocenters. The van der Waals surface area contributed by atoms with E-state index in [4.69, 9.17) is 4.74 Å². The van der Waals surface area contributed by atoms with Crippen molar-refractivity contribution in [3.05, 3.63) is 52.6 Å². The normalized spacial score (nSPS) is 10.7. The molecule has 0 bridgehead atoms. The molecule has 0 aliphatic carbocycles. The van der Waals surface area contributed by atoms with Gasteiger partial charge >= 0.3 is 0 Å². The first kappa shape index (κ1) is 16.0. The van der Waals surface area contributed by atoms with Crippen molar-refractivity contribution in [3.8, 4) is 33.1 Å². The fourth-order valence-electron chi connectivity index (χ4n) is 2.53. The maximum absolute atomic E-state index is 10.4. The zero-order chi connectivity index (χ0) is 16.4. The molecule has 1 heterocycles. The number of aryl methyl sites for hydroxylation is 1. The van der Waals surface area contributed by atoms with Gasteiger partial charge < -0.3 is 9.84 Å². The number of hydrogen-bond donors (Lipinski definition) is 1. The smallest absolute Gasteiger partial charge is 0.128 e. The van der Waals surface area contributed by atoms with Gasteiger partial charge in [-0.2, -0.15) is 4.37 Å². The van der Waals surface area contributed by atoms with Gasteiger partial charge in [0.25, 0.3) is 0 Å². The summed E-state index contributed by atoms with van der Waals surface area (Å²) in [5.41, 5.74) is 3.95. The molecular weight excluding hydrogens is 374 g/mol. The van der Waals surface area contributed by atoms with Crippen LogP contribution in [0.3, 0.4) is 0 Å². The number of benzene rings is 2. The predicted molar refractivity (Wildman–Crippen MR) is 98.3 cm³/mol. The topological polar surface area (TPSA) is 42.4 Å². The number of aromatic hydroxyl groups is 1. The van der Waals surface area contributed by atoms with Crippen LogP contribution in [0.2, 0.25) is 0 Å². The molecule has 0 atom stereocenters. The van der Waals surface area contributed by atoms with E-state index in [0.717, 1.165) is 38.0 Å². The van der Waals surface area contributed by atoms with Crippen LogP contribution in [0.5, 0.6) is 11.5 Å². The van der Waals surface area contributed by atoms with E-state index in [2.05, 4.69) is 27.2 Å². The summed E-state index contributed by atoms with van der Waals surface area (Å²) in [6.45, 7) is 2.07. The van der Waals surface area contributed by atoms with Crippen molar-refractivity contribution in [2.24, 2.45) is 0 Å². The second kappa shape index (κ2) is 6.72. The van der Waals surface area contributed by atoms with Crippen LogP contribution in [0, 0.1) is 0 Å². The number of nitrogens with zero attached hydrogens (tertiary/aromatic N) is 1. The number of phenols is 1. The molecular formula is C18H16BrNO2S. The Hall–Kier alpha value is -1.85. The Bertz CT molecular complexity index is 828. The van der Waals surface area contributed by atoms with Crippen molar-refractivity contribution in [2.45, 2.75) is 13.3 Å². The van der Waals surface area contributed by atoms with Crippen molar-refractivity contribution >= 4 is 27.5 Å². The lowest BCUT2D eigenvalue weighted by Crippen LogP contribution is -1.92. The van der Waals surface area contributed by atoms with E-state index >= 15 is 0 Å². The third kappa shape index (κ3) is 3.12. The van der Waals surface area contributed by atoms with E-state index in [9.17, 15) is 5.11 Å². The summed E-state index contributed by atoms with van der Waals surface area (Å²) in [6.07, 6.45) is 2.68. The molecule has 5 heteroatoms. The summed E-state index contributed by atoms with van der Waals surface area (Å²) < 4.78 is 10.7. The fraction of sp³-hybridized carbons (Fsp3) is 0.167. The summed E-state index contributed by atoms with van der Waals surface area (Å²) >= 11 is 4.84. The van der Waals surface area contributed by atoms with E-state index in [1.807, 2.05) is 36.5 Å². The number of aromatic nitrogens is 1. The van der Waals surface area contributed by atoms with Crippen LogP contribution in [0.1, 0.15) is 12.5 Å². The van der Waals surface area contributed by atoms with Gasteiger partial charge in [-0.05, 0) is 47.3 Å². The minimum atomic E-state index is 0.210. The summed E-state index contributed by atoms with van der Waals surface area (Å²) in [5.74, 6) is 0.921. The lowest BCUT2D eigenvalue weighted by atomic mass is 10.00. The summed E-state index contributed by atoms with van der Waals surface area (Å²) in [7, 11) is 1.62. The van der Waals surface area contributed by atoms with Crippen LogP contribution in [-0.4, -0.2) is 16.6 Å². The van der Waals surface area contributed by atoms with E-state index in [-0.39, 0.29) is 5.75 Å². The third-order valence-corrected chi connectivity index (χ3v) is 5.11. The average Bonchev–Trinajstić information content (AvgIpc) is 3.04. The maximum atomic E-state index is 10.4. The first-order valence-corrected chi connectivity index (χ1v) is 8.81. The van der Waals surface area contributed by atoms with Crippen LogP contribution in [0.15, 0.2) is 47.1 Å². The molecule has 0 saturated heterocycles. The van der Waals surface area contributed by atoms with Crippen LogP contribution in [-0.2, 0) is 6.42 Å². The Morgan fingerprint density at radius 3 is 2.57 bits per heavy atom.